The molecule has 0 N–H and O–H groups in total. The predicted octanol–water partition coefficient (Wildman–Crippen LogP) is 3.87. The molecule has 0 fully saturated rings. The minimum absolute atomic E-state index is 0.0285. The molecule has 3 aromatic rings. The van der Waals surface area contributed by atoms with Gasteiger partial charge in [-0.1, -0.05) is 36.4 Å². The summed E-state index contributed by atoms with van der Waals surface area (Å²) in [5, 5.41) is 0. The van der Waals surface area contributed by atoms with E-state index in [0.717, 1.165) is 11.1 Å². The third kappa shape index (κ3) is 5.71. The van der Waals surface area contributed by atoms with Crippen molar-refractivity contribution in [3.63, 3.8) is 0 Å². The topological polar surface area (TPSA) is 76.2 Å². The minimum Gasteiger partial charge on any atom is -0.497 e. The Kier molecular flexibility index (Phi) is 7.73. The lowest BCUT2D eigenvalue weighted by Gasteiger charge is -2.26. The fourth-order valence-corrected chi connectivity index (χ4v) is 4.96. The van der Waals surface area contributed by atoms with E-state index in [1.165, 1.54) is 16.3 Å². The molecular weight excluding hydrogens is 440 g/mol. The number of benzene rings is 3. The standard InChI is InChI=1S/C25H28N2O5S/c1-19-10-15-23(32-4)24(16-19)33(29,30)27(17-20-8-6-5-7-9-20)18-25(28)26(2)21-11-13-22(31-3)14-12-21/h5-16H,17-18H2,1-4H3. The summed E-state index contributed by atoms with van der Waals surface area (Å²) < 4.78 is 39.1. The molecule has 174 valence electrons. The van der Waals surface area contributed by atoms with Crippen LogP contribution in [0, 0.1) is 6.92 Å². The predicted molar refractivity (Wildman–Crippen MR) is 128 cm³/mol. The molecule has 0 bridgehead atoms. The van der Waals surface area contributed by atoms with Crippen molar-refractivity contribution in [2.24, 2.45) is 0 Å². The molecule has 0 saturated carbocycles. The van der Waals surface area contributed by atoms with E-state index in [-0.39, 0.29) is 29.6 Å². The fourth-order valence-electron chi connectivity index (χ4n) is 3.34. The number of hydrogen-bond donors (Lipinski definition) is 0. The number of sulfonamides is 1. The number of amides is 1. The number of methoxy groups -OCH3 is 2. The van der Waals surface area contributed by atoms with E-state index >= 15 is 0 Å². The Morgan fingerprint density at radius 3 is 2.18 bits per heavy atom. The van der Waals surface area contributed by atoms with Crippen LogP contribution >= 0.6 is 0 Å². The van der Waals surface area contributed by atoms with Gasteiger partial charge in [0, 0.05) is 19.3 Å². The third-order valence-electron chi connectivity index (χ3n) is 5.28. The first-order valence-electron chi connectivity index (χ1n) is 10.4. The molecule has 33 heavy (non-hydrogen) atoms. The molecule has 0 radical (unpaired) electrons. The van der Waals surface area contributed by atoms with E-state index < -0.39 is 10.0 Å². The molecule has 0 spiro atoms. The summed E-state index contributed by atoms with van der Waals surface area (Å²) in [6.45, 7) is 1.52. The van der Waals surface area contributed by atoms with E-state index in [0.29, 0.717) is 11.4 Å². The smallest absolute Gasteiger partial charge is 0.247 e. The zero-order chi connectivity index (χ0) is 24.0. The highest BCUT2D eigenvalue weighted by molar-refractivity contribution is 7.89. The molecule has 3 rings (SSSR count). The summed E-state index contributed by atoms with van der Waals surface area (Å²) in [4.78, 5) is 14.6. The molecule has 0 saturated heterocycles. The summed E-state index contributed by atoms with van der Waals surface area (Å²) in [5.74, 6) is 0.528. The zero-order valence-electron chi connectivity index (χ0n) is 19.2. The van der Waals surface area contributed by atoms with Gasteiger partial charge in [0.05, 0.1) is 20.8 Å². The molecule has 0 unspecified atom stereocenters. The van der Waals surface area contributed by atoms with E-state index in [2.05, 4.69) is 0 Å². The lowest BCUT2D eigenvalue weighted by Crippen LogP contribution is -2.41. The summed E-state index contributed by atoms with van der Waals surface area (Å²) >= 11 is 0. The Morgan fingerprint density at radius 2 is 1.58 bits per heavy atom. The van der Waals surface area contributed by atoms with Crippen molar-refractivity contribution in [2.75, 3.05) is 32.7 Å². The molecule has 0 heterocycles. The van der Waals surface area contributed by atoms with Crippen LogP contribution in [0.2, 0.25) is 0 Å². The van der Waals surface area contributed by atoms with E-state index in [1.807, 2.05) is 37.3 Å². The summed E-state index contributed by atoms with van der Waals surface area (Å²) in [7, 11) is 0.560. The van der Waals surface area contributed by atoms with Crippen molar-refractivity contribution in [1.82, 2.24) is 4.31 Å². The molecule has 3 aromatic carbocycles. The van der Waals surface area contributed by atoms with Gasteiger partial charge in [-0.05, 0) is 54.4 Å². The lowest BCUT2D eigenvalue weighted by molar-refractivity contribution is -0.118. The summed E-state index contributed by atoms with van der Waals surface area (Å²) in [6, 6.07) is 21.1. The van der Waals surface area contributed by atoms with Gasteiger partial charge in [-0.2, -0.15) is 4.31 Å². The Hall–Kier alpha value is -3.36. The highest BCUT2D eigenvalue weighted by Gasteiger charge is 2.31. The zero-order valence-corrected chi connectivity index (χ0v) is 20.0. The van der Waals surface area contributed by atoms with Gasteiger partial charge in [-0.3, -0.25) is 4.79 Å². The van der Waals surface area contributed by atoms with Crippen LogP contribution in [0.3, 0.4) is 0 Å². The van der Waals surface area contributed by atoms with Crippen LogP contribution in [0.15, 0.2) is 77.7 Å². The molecule has 8 heteroatoms. The van der Waals surface area contributed by atoms with Crippen molar-refractivity contribution in [3.8, 4) is 11.5 Å². The number of rotatable bonds is 9. The van der Waals surface area contributed by atoms with Crippen molar-refractivity contribution < 1.29 is 22.7 Å². The van der Waals surface area contributed by atoms with Crippen LogP contribution < -0.4 is 14.4 Å². The number of aryl methyl sites for hydroxylation is 1. The summed E-state index contributed by atoms with van der Waals surface area (Å²) in [5.41, 5.74) is 2.18. The van der Waals surface area contributed by atoms with E-state index in [4.69, 9.17) is 9.47 Å². The van der Waals surface area contributed by atoms with Crippen molar-refractivity contribution in [1.29, 1.82) is 0 Å². The van der Waals surface area contributed by atoms with Crippen LogP contribution in [0.1, 0.15) is 11.1 Å². The number of carbonyl (C=O) groups is 1. The van der Waals surface area contributed by atoms with Crippen LogP contribution in [-0.2, 0) is 21.4 Å². The second-order valence-corrected chi connectivity index (χ2v) is 9.47. The maximum Gasteiger partial charge on any atom is 0.247 e. The van der Waals surface area contributed by atoms with Crippen LogP contribution in [-0.4, -0.2) is 46.4 Å². The second-order valence-electron chi connectivity index (χ2n) is 7.56. The SMILES string of the molecule is COc1ccc(N(C)C(=O)CN(Cc2ccccc2)S(=O)(=O)c2cc(C)ccc2OC)cc1. The van der Waals surface area contributed by atoms with Gasteiger partial charge in [0.2, 0.25) is 15.9 Å². The van der Waals surface area contributed by atoms with Crippen LogP contribution in [0.5, 0.6) is 11.5 Å². The highest BCUT2D eigenvalue weighted by Crippen LogP contribution is 2.29. The molecule has 0 atom stereocenters. The van der Waals surface area contributed by atoms with Gasteiger partial charge in [0.15, 0.2) is 0 Å². The van der Waals surface area contributed by atoms with Crippen molar-refractivity contribution in [3.05, 3.63) is 83.9 Å². The van der Waals surface area contributed by atoms with Gasteiger partial charge in [-0.25, -0.2) is 8.42 Å². The number of hydrogen-bond acceptors (Lipinski definition) is 5. The maximum absolute atomic E-state index is 13.7. The molecule has 0 aliphatic rings. The number of ether oxygens (including phenoxy) is 2. The quantitative estimate of drug-likeness (QED) is 0.477. The molecule has 0 aromatic heterocycles. The minimum atomic E-state index is -4.05. The largest absolute Gasteiger partial charge is 0.497 e. The van der Waals surface area contributed by atoms with E-state index in [9.17, 15) is 13.2 Å². The average molecular weight is 469 g/mol. The van der Waals surface area contributed by atoms with Gasteiger partial charge in [0.1, 0.15) is 16.4 Å². The Bertz CT molecular complexity index is 1200. The first kappa shape index (κ1) is 24.3. The Morgan fingerprint density at radius 1 is 0.909 bits per heavy atom. The van der Waals surface area contributed by atoms with Crippen LogP contribution in [0.4, 0.5) is 5.69 Å². The fraction of sp³-hybridized carbons (Fsp3) is 0.240. The van der Waals surface area contributed by atoms with Gasteiger partial charge < -0.3 is 14.4 Å². The van der Waals surface area contributed by atoms with E-state index in [1.54, 1.807) is 56.6 Å². The number of carbonyl (C=O) groups excluding carboxylic acids is 1. The average Bonchev–Trinajstić information content (AvgIpc) is 2.83. The van der Waals surface area contributed by atoms with Crippen molar-refractivity contribution >= 4 is 21.6 Å². The summed E-state index contributed by atoms with van der Waals surface area (Å²) in [6.07, 6.45) is 0. The lowest BCUT2D eigenvalue weighted by atomic mass is 10.2. The maximum atomic E-state index is 13.7. The normalized spacial score (nSPS) is 11.3. The molecule has 7 nitrogen and oxygen atoms in total. The third-order valence-corrected chi connectivity index (χ3v) is 7.10. The Balaban J connectivity index is 1.95. The van der Waals surface area contributed by atoms with Gasteiger partial charge in [0.25, 0.3) is 0 Å². The first-order valence-corrected chi connectivity index (χ1v) is 11.8. The van der Waals surface area contributed by atoms with Crippen LogP contribution in [0.25, 0.3) is 0 Å². The van der Waals surface area contributed by atoms with Gasteiger partial charge in [-0.15, -0.1) is 0 Å². The number of nitrogens with zero attached hydrogens (tertiary/aromatic N) is 2. The molecule has 1 amide bonds. The number of anilines is 1. The highest BCUT2D eigenvalue weighted by atomic mass is 32.2. The Labute approximate surface area is 195 Å². The van der Waals surface area contributed by atoms with Gasteiger partial charge >= 0.3 is 0 Å². The second kappa shape index (κ2) is 10.5. The van der Waals surface area contributed by atoms with Crippen molar-refractivity contribution in [2.45, 2.75) is 18.4 Å². The number of likely N-dealkylation sites (N-methyl/N-ethyl adjacent to an activating group) is 1. The monoisotopic (exact) mass is 468 g/mol. The molecule has 0 aliphatic carbocycles. The molecular formula is C25H28N2O5S. The first-order chi connectivity index (χ1) is 15.8. The molecule has 0 aliphatic heterocycles.